The van der Waals surface area contributed by atoms with Crippen LogP contribution in [0.3, 0.4) is 0 Å². The van der Waals surface area contributed by atoms with E-state index in [9.17, 15) is 4.79 Å². The zero-order valence-electron chi connectivity index (χ0n) is 22.0. The lowest BCUT2D eigenvalue weighted by atomic mass is 9.81. The van der Waals surface area contributed by atoms with Crippen molar-refractivity contribution >= 4 is 33.4 Å². The van der Waals surface area contributed by atoms with E-state index in [0.717, 1.165) is 66.6 Å². The lowest BCUT2D eigenvalue weighted by Crippen LogP contribution is -2.49. The number of fused-ring (bicyclic) bond motifs is 1. The van der Waals surface area contributed by atoms with Crippen molar-refractivity contribution in [2.24, 2.45) is 11.8 Å². The second kappa shape index (κ2) is 12.1. The maximum Gasteiger partial charge on any atom is 0.222 e. The number of methoxy groups -OCH3 is 1. The summed E-state index contributed by atoms with van der Waals surface area (Å²) in [6, 6.07) is 8.11. The number of ether oxygens (including phenoxy) is 1. The highest BCUT2D eigenvalue weighted by molar-refractivity contribution is 9.10. The molecule has 192 valence electrons. The van der Waals surface area contributed by atoms with Gasteiger partial charge < -0.3 is 10.1 Å². The third-order valence-electron chi connectivity index (χ3n) is 7.77. The van der Waals surface area contributed by atoms with E-state index in [4.69, 9.17) is 21.3 Å². The summed E-state index contributed by atoms with van der Waals surface area (Å²) in [7, 11) is 1.71. The number of aromatic nitrogens is 1. The summed E-state index contributed by atoms with van der Waals surface area (Å²) in [5.41, 5.74) is 4.25. The fourth-order valence-electron chi connectivity index (χ4n) is 5.31. The van der Waals surface area contributed by atoms with E-state index in [-0.39, 0.29) is 17.4 Å². The standard InChI is InChI=1S/C29H40BrClN2O2/c1-7-29(8-2,33-27(34)18(3)4)15-14-19(5)16-20-12-13-21-17-24(32-28(35-6)25(20)21)22-10-9-11-23(30)26(22)31/h9-11,17-20H,7-8,12-16H2,1-6H3,(H,33,34)/t19-,20-/m0/s1. The minimum atomic E-state index is -0.111. The van der Waals surface area contributed by atoms with E-state index >= 15 is 0 Å². The van der Waals surface area contributed by atoms with Gasteiger partial charge in [0.15, 0.2) is 0 Å². The first-order valence-corrected chi connectivity index (χ1v) is 14.2. The summed E-state index contributed by atoms with van der Waals surface area (Å²) in [4.78, 5) is 17.3. The van der Waals surface area contributed by atoms with E-state index in [1.807, 2.05) is 32.0 Å². The minimum absolute atomic E-state index is 0.0108. The van der Waals surface area contributed by atoms with Gasteiger partial charge in [0.1, 0.15) is 0 Å². The maximum absolute atomic E-state index is 12.4. The number of rotatable bonds is 11. The van der Waals surface area contributed by atoms with Crippen molar-refractivity contribution < 1.29 is 9.53 Å². The maximum atomic E-state index is 12.4. The first kappa shape index (κ1) is 28.0. The fourth-order valence-corrected chi connectivity index (χ4v) is 5.89. The van der Waals surface area contributed by atoms with Crippen LogP contribution in [-0.2, 0) is 11.2 Å². The third-order valence-corrected chi connectivity index (χ3v) is 9.07. The average molecular weight is 564 g/mol. The van der Waals surface area contributed by atoms with Gasteiger partial charge in [0, 0.05) is 27.1 Å². The largest absolute Gasteiger partial charge is 0.481 e. The molecule has 0 saturated carbocycles. The molecule has 0 saturated heterocycles. The van der Waals surface area contributed by atoms with Crippen LogP contribution in [0.25, 0.3) is 11.3 Å². The molecule has 6 heteroatoms. The monoisotopic (exact) mass is 562 g/mol. The van der Waals surface area contributed by atoms with Crippen molar-refractivity contribution in [1.29, 1.82) is 0 Å². The van der Waals surface area contributed by atoms with Crippen LogP contribution < -0.4 is 10.1 Å². The minimum Gasteiger partial charge on any atom is -0.481 e. The average Bonchev–Trinajstić information content (AvgIpc) is 3.25. The predicted octanol–water partition coefficient (Wildman–Crippen LogP) is 8.34. The van der Waals surface area contributed by atoms with Crippen molar-refractivity contribution in [2.45, 2.75) is 91.0 Å². The number of aryl methyl sites for hydroxylation is 1. The van der Waals surface area contributed by atoms with Crippen molar-refractivity contribution in [1.82, 2.24) is 10.3 Å². The molecule has 35 heavy (non-hydrogen) atoms. The number of nitrogens with zero attached hydrogens (tertiary/aromatic N) is 1. The van der Waals surface area contributed by atoms with Crippen LogP contribution in [0.1, 0.15) is 90.2 Å². The Kier molecular flexibility index (Phi) is 9.67. The van der Waals surface area contributed by atoms with Gasteiger partial charge in [0.05, 0.1) is 17.8 Å². The van der Waals surface area contributed by atoms with Crippen LogP contribution in [0.2, 0.25) is 5.02 Å². The molecule has 1 aromatic carbocycles. The molecule has 3 rings (SSSR count). The molecule has 0 bridgehead atoms. The number of pyridine rings is 1. The van der Waals surface area contributed by atoms with Gasteiger partial charge >= 0.3 is 0 Å². The number of hydrogen-bond acceptors (Lipinski definition) is 3. The van der Waals surface area contributed by atoms with Gasteiger partial charge in [-0.15, -0.1) is 0 Å². The van der Waals surface area contributed by atoms with Crippen LogP contribution in [0.5, 0.6) is 5.88 Å². The summed E-state index contributed by atoms with van der Waals surface area (Å²) >= 11 is 10.1. The second-order valence-electron chi connectivity index (χ2n) is 10.4. The molecular weight excluding hydrogens is 524 g/mol. The van der Waals surface area contributed by atoms with Crippen LogP contribution in [0.15, 0.2) is 28.7 Å². The van der Waals surface area contributed by atoms with Crippen molar-refractivity contribution in [2.75, 3.05) is 7.11 Å². The highest BCUT2D eigenvalue weighted by Crippen LogP contribution is 2.45. The van der Waals surface area contributed by atoms with Crippen molar-refractivity contribution in [3.05, 3.63) is 44.9 Å². The Balaban J connectivity index is 1.74. The predicted molar refractivity (Wildman–Crippen MR) is 149 cm³/mol. The summed E-state index contributed by atoms with van der Waals surface area (Å²) in [6.07, 6.45) is 7.26. The van der Waals surface area contributed by atoms with E-state index in [0.29, 0.717) is 16.9 Å². The fraction of sp³-hybridized carbons (Fsp3) is 0.586. The summed E-state index contributed by atoms with van der Waals surface area (Å²) < 4.78 is 6.67. The molecule has 4 nitrogen and oxygen atoms in total. The Morgan fingerprint density at radius 2 is 2.00 bits per heavy atom. The summed E-state index contributed by atoms with van der Waals surface area (Å²) in [6.45, 7) is 10.6. The molecule has 0 spiro atoms. The lowest BCUT2D eigenvalue weighted by Gasteiger charge is -2.35. The molecule has 0 fully saturated rings. The number of nitrogens with one attached hydrogen (secondary N) is 1. The number of carbonyl (C=O) groups is 1. The Morgan fingerprint density at radius 3 is 2.63 bits per heavy atom. The molecular formula is C29H40BrClN2O2. The molecule has 2 aromatic rings. The zero-order valence-corrected chi connectivity index (χ0v) is 24.4. The smallest absolute Gasteiger partial charge is 0.222 e. The van der Waals surface area contributed by atoms with Crippen LogP contribution in [0.4, 0.5) is 0 Å². The molecule has 1 heterocycles. The van der Waals surface area contributed by atoms with Gasteiger partial charge in [-0.3, -0.25) is 4.79 Å². The van der Waals surface area contributed by atoms with Gasteiger partial charge in [-0.05, 0) is 90.4 Å². The molecule has 1 N–H and O–H groups in total. The zero-order chi connectivity index (χ0) is 25.8. The van der Waals surface area contributed by atoms with Crippen LogP contribution in [-0.4, -0.2) is 23.5 Å². The molecule has 1 amide bonds. The van der Waals surface area contributed by atoms with E-state index in [2.05, 4.69) is 48.1 Å². The second-order valence-corrected chi connectivity index (χ2v) is 11.7. The van der Waals surface area contributed by atoms with E-state index in [1.165, 1.54) is 11.1 Å². The molecule has 0 radical (unpaired) electrons. The number of benzene rings is 1. The number of halogens is 2. The Morgan fingerprint density at radius 1 is 1.29 bits per heavy atom. The molecule has 0 aliphatic heterocycles. The van der Waals surface area contributed by atoms with E-state index < -0.39 is 0 Å². The number of hydrogen-bond donors (Lipinski definition) is 1. The van der Waals surface area contributed by atoms with Gasteiger partial charge in [-0.1, -0.05) is 58.4 Å². The first-order valence-electron chi connectivity index (χ1n) is 13.0. The van der Waals surface area contributed by atoms with Crippen molar-refractivity contribution in [3.63, 3.8) is 0 Å². The topological polar surface area (TPSA) is 51.2 Å². The van der Waals surface area contributed by atoms with Gasteiger partial charge in [0.25, 0.3) is 0 Å². The normalized spacial score (nSPS) is 16.3. The van der Waals surface area contributed by atoms with Gasteiger partial charge in [-0.2, -0.15) is 0 Å². The van der Waals surface area contributed by atoms with Gasteiger partial charge in [0.2, 0.25) is 11.8 Å². The number of amides is 1. The quantitative estimate of drug-likeness (QED) is 0.299. The third kappa shape index (κ3) is 6.40. The summed E-state index contributed by atoms with van der Waals surface area (Å²) in [5.74, 6) is 1.88. The van der Waals surface area contributed by atoms with Crippen molar-refractivity contribution in [3.8, 4) is 17.1 Å². The molecule has 2 atom stereocenters. The highest BCUT2D eigenvalue weighted by atomic mass is 79.9. The number of carbonyl (C=O) groups excluding carboxylic acids is 1. The molecule has 1 aromatic heterocycles. The summed E-state index contributed by atoms with van der Waals surface area (Å²) in [5, 5.41) is 4.03. The lowest BCUT2D eigenvalue weighted by molar-refractivity contribution is -0.126. The van der Waals surface area contributed by atoms with Gasteiger partial charge in [-0.25, -0.2) is 4.98 Å². The first-order chi connectivity index (χ1) is 16.6. The molecule has 1 aliphatic carbocycles. The Bertz CT molecular complexity index is 1040. The Hall–Kier alpha value is -1.59. The SMILES string of the molecule is CCC(CC)(CC[C@H](C)C[C@@H]1CCc2cc(-c3cccc(Br)c3Cl)nc(OC)c21)NC(=O)C(C)C. The van der Waals surface area contributed by atoms with Crippen LogP contribution in [0, 0.1) is 11.8 Å². The van der Waals surface area contributed by atoms with E-state index in [1.54, 1.807) is 7.11 Å². The molecule has 0 unspecified atom stereocenters. The highest BCUT2D eigenvalue weighted by Gasteiger charge is 2.32. The molecule has 1 aliphatic rings. The van der Waals surface area contributed by atoms with Crippen LogP contribution >= 0.6 is 27.5 Å². The Labute approximate surface area is 224 Å².